The lowest BCUT2D eigenvalue weighted by Crippen LogP contribution is -2.41. The number of aromatic nitrogens is 6. The Bertz CT molecular complexity index is 3590. The van der Waals surface area contributed by atoms with E-state index in [-0.39, 0.29) is 0 Å². The average Bonchev–Trinajstić information content (AvgIpc) is 1.48. The summed E-state index contributed by atoms with van der Waals surface area (Å²) >= 11 is 0. The highest BCUT2D eigenvalue weighted by atomic mass is 15.3. The van der Waals surface area contributed by atoms with Gasteiger partial charge in [-0.05, 0) is 337 Å². The van der Waals surface area contributed by atoms with E-state index in [0.717, 1.165) is 114 Å². The van der Waals surface area contributed by atoms with Crippen molar-refractivity contribution < 1.29 is 0 Å². The molecule has 4 N–H and O–H groups in total. The highest BCUT2D eigenvalue weighted by Crippen LogP contribution is 2.20. The van der Waals surface area contributed by atoms with E-state index < -0.39 is 0 Å². The maximum atomic E-state index is 5.37. The maximum absolute atomic E-state index is 5.37. The third kappa shape index (κ3) is 55.3. The Kier molecular flexibility index (Phi) is 64.4. The highest BCUT2D eigenvalue weighted by molar-refractivity contribution is 5.17. The molecule has 4 fully saturated rings. The fraction of sp³-hybridized carbons (Fsp3) is 0.730. The van der Waals surface area contributed by atoms with Gasteiger partial charge in [0, 0.05) is 199 Å². The summed E-state index contributed by atoms with van der Waals surface area (Å²) < 4.78 is 0. The minimum Gasteiger partial charge on any atom is -0.325 e. The Morgan fingerprint density at radius 2 is 0.489 bits per heavy atom. The summed E-state index contributed by atoms with van der Waals surface area (Å²) in [5.41, 5.74) is 24.4. The quantitative estimate of drug-likeness (QED) is 0.0452. The molecule has 11 heterocycles. The number of pyridine rings is 6. The zero-order chi connectivity index (χ0) is 99.4. The predicted octanol–water partition coefficient (Wildman–Crippen LogP) is 17.0. The van der Waals surface area contributed by atoms with Gasteiger partial charge in [0.25, 0.3) is 0 Å². The molecule has 0 radical (unpaired) electrons. The third-order valence-electron chi connectivity index (χ3n) is 26.4. The van der Waals surface area contributed by atoms with Gasteiger partial charge in [0.2, 0.25) is 0 Å². The Balaban J connectivity index is 0.000000326. The molecule has 0 spiro atoms. The van der Waals surface area contributed by atoms with E-state index >= 15 is 0 Å². The molecule has 0 unspecified atom stereocenters. The number of nitrogens with two attached hydrogens (primary N) is 2. The molecule has 24 heteroatoms. The number of hydrogen-bond donors (Lipinski definition) is 2. The van der Waals surface area contributed by atoms with E-state index in [4.69, 9.17) is 31.4 Å². The largest absolute Gasteiger partial charge is 0.325 e. The van der Waals surface area contributed by atoms with Crippen LogP contribution >= 0.6 is 0 Å². The molecule has 4 saturated heterocycles. The molecule has 0 saturated carbocycles. The van der Waals surface area contributed by atoms with Crippen LogP contribution in [0.4, 0.5) is 0 Å². The number of hydrogen-bond acceptors (Lipinski definition) is 24. The van der Waals surface area contributed by atoms with Crippen LogP contribution in [0.1, 0.15) is 276 Å². The molecule has 5 aliphatic heterocycles. The lowest BCUT2D eigenvalue weighted by molar-refractivity contribution is 0.159. The van der Waals surface area contributed by atoms with Crippen molar-refractivity contribution in [2.45, 2.75) is 329 Å². The van der Waals surface area contributed by atoms with Crippen molar-refractivity contribution in [1.82, 2.24) is 108 Å². The summed E-state index contributed by atoms with van der Waals surface area (Å²) in [4.78, 5) is 67.1. The molecule has 11 rings (SSSR count). The topological polar surface area (TPSA) is 181 Å². The first-order chi connectivity index (χ1) is 64.6. The van der Waals surface area contributed by atoms with Crippen LogP contribution in [0.2, 0.25) is 0 Å². The normalized spacial score (nSPS) is 17.4. The standard InChI is InChI=1S/C19H35N3.C18H31N3.C17H27N3.C15H33N3.C15H27N3.C11H19N3.C9H21N3.C7H11N3/c1-14(2)21(15(3)4)12-18-10-9-11-19(20-18)13-22(16(5)6)17(7)8;1-20-13-8-6-4-3-5-7-9-14-21(2)16-18-12-10-11-17(15-20)19-18;1-3-10-19(11-4-1)14-16-8-7-9-17(18-16)15-20-12-5-2-6-13-20;1-13(2)16-7-9-17(14(3)4)11-12-18(10-8-16)15(5)6;1-5-17(6-2)12-14-10-9-11-15(16-14)13-18(7-3)8-4;1-13(2)8-10-6-5-7-11(12-10)9-14(3)4;1-10-4-6-11(2)8-9-12(3)7-5-10;8-4-6-2-1-3-7(5-9)10-6/h9-11,14-17H,12-13H2,1-8H3;10-12H,3-9,13-16H2,1-2H3;7-9H,1-6,10-15H2;13-15H,7-12H2,1-6H3;9-11H,5-8,12-13H2,1-4H3;5-7H,8-9H2,1-4H3;4-9H2,1-3H3;1-3H,4-5,8-9H2. The second-order valence-corrected chi connectivity index (χ2v) is 41.2. The zero-order valence-electron chi connectivity index (χ0n) is 91.7. The molecule has 6 aromatic rings. The van der Waals surface area contributed by atoms with E-state index in [1.165, 1.54) is 247 Å². The number of nitrogens with zero attached hydrogens (tertiary/aromatic N) is 22. The SMILES string of the molecule is CC(C)N(Cc1cccc(CN(C(C)C)C(C)C)n1)C(C)C.CC(C)N1CCN(C(C)C)CCN(C(C)C)CC1.CCN(CC)Cc1cccc(CN(CC)CC)n1.CN(C)Cc1cccc(CN(C)C)n1.CN1CCCCCCCCCN(C)Cc2cccc(n2)C1.CN1CCN(C)CCN(C)CC1.NCc1cccc(CN)n1.c1cc(CN2CCCCC2)nc(CN2CCCCC2)c1. The van der Waals surface area contributed by atoms with Gasteiger partial charge >= 0.3 is 0 Å². The van der Waals surface area contributed by atoms with Gasteiger partial charge in [0.15, 0.2) is 0 Å². The van der Waals surface area contributed by atoms with Crippen molar-refractivity contribution in [3.8, 4) is 0 Å². The van der Waals surface area contributed by atoms with Gasteiger partial charge in [-0.2, -0.15) is 0 Å². The van der Waals surface area contributed by atoms with E-state index in [9.17, 15) is 0 Å². The molecule has 768 valence electrons. The molecule has 0 atom stereocenters. The molecular formula is C111H204N24. The summed E-state index contributed by atoms with van der Waals surface area (Å²) in [6, 6.07) is 41.9. The van der Waals surface area contributed by atoms with E-state index in [0.29, 0.717) is 55.4 Å². The van der Waals surface area contributed by atoms with E-state index in [2.05, 4.69) is 367 Å². The van der Waals surface area contributed by atoms with Crippen LogP contribution in [0.25, 0.3) is 0 Å². The highest BCUT2D eigenvalue weighted by Gasteiger charge is 2.23. The summed E-state index contributed by atoms with van der Waals surface area (Å²) in [6.07, 6.45) is 17.8. The first-order valence-corrected chi connectivity index (χ1v) is 53.1. The van der Waals surface area contributed by atoms with Gasteiger partial charge in [-0.3, -0.25) is 74.0 Å². The first kappa shape index (κ1) is 121. The zero-order valence-corrected chi connectivity index (χ0v) is 91.7. The lowest BCUT2D eigenvalue weighted by atomic mass is 10.1. The first-order valence-electron chi connectivity index (χ1n) is 53.1. The second kappa shape index (κ2) is 71.6. The number of likely N-dealkylation sites (N-methyl/N-ethyl adjacent to an activating group) is 3. The molecule has 5 aliphatic rings. The van der Waals surface area contributed by atoms with Gasteiger partial charge in [-0.25, -0.2) is 0 Å². The number of piperidine rings is 2. The molecule has 24 nitrogen and oxygen atoms in total. The van der Waals surface area contributed by atoms with Gasteiger partial charge < -0.3 is 45.8 Å². The number of fused-ring (bicyclic) bond motifs is 2. The summed E-state index contributed by atoms with van der Waals surface area (Å²) in [7, 11) is 19.3. The molecule has 6 aromatic heterocycles. The van der Waals surface area contributed by atoms with Crippen molar-refractivity contribution in [2.24, 2.45) is 11.5 Å². The van der Waals surface area contributed by atoms with Gasteiger partial charge in [0.05, 0.1) is 68.3 Å². The van der Waals surface area contributed by atoms with E-state index in [1.54, 1.807) is 0 Å². The summed E-state index contributed by atoms with van der Waals surface area (Å²) in [5.74, 6) is 0. The van der Waals surface area contributed by atoms with Crippen molar-refractivity contribution >= 4 is 0 Å². The second-order valence-electron chi connectivity index (χ2n) is 41.2. The van der Waals surface area contributed by atoms with Crippen LogP contribution in [0, 0.1) is 0 Å². The van der Waals surface area contributed by atoms with Crippen molar-refractivity contribution in [3.05, 3.63) is 178 Å². The van der Waals surface area contributed by atoms with Crippen molar-refractivity contribution in [3.63, 3.8) is 0 Å². The predicted molar refractivity (Wildman–Crippen MR) is 577 cm³/mol. The lowest BCUT2D eigenvalue weighted by Gasteiger charge is -2.31. The fourth-order valence-electron chi connectivity index (χ4n) is 17.6. The summed E-state index contributed by atoms with van der Waals surface area (Å²) in [5, 5.41) is 0. The van der Waals surface area contributed by atoms with Crippen LogP contribution in [-0.2, 0) is 78.5 Å². The summed E-state index contributed by atoms with van der Waals surface area (Å²) in [6.45, 7) is 77.4. The molecule has 135 heavy (non-hydrogen) atoms. The smallest absolute Gasteiger partial charge is 0.0548 e. The molecule has 0 aliphatic carbocycles. The third-order valence-corrected chi connectivity index (χ3v) is 26.4. The molecule has 0 aromatic carbocycles. The van der Waals surface area contributed by atoms with Crippen LogP contribution in [0.15, 0.2) is 109 Å². The van der Waals surface area contributed by atoms with Crippen LogP contribution < -0.4 is 11.5 Å². The van der Waals surface area contributed by atoms with Gasteiger partial charge in [-0.1, -0.05) is 109 Å². The Morgan fingerprint density at radius 3 is 0.756 bits per heavy atom. The number of likely N-dealkylation sites (tertiary alicyclic amines) is 2. The molecule has 2 bridgehead atoms. The monoisotopic (exact) mass is 1870 g/mol. The molecule has 0 amide bonds. The van der Waals surface area contributed by atoms with Crippen LogP contribution in [0.5, 0.6) is 0 Å². The minimum atomic E-state index is 0.480. The fourth-order valence-corrected chi connectivity index (χ4v) is 17.6. The maximum Gasteiger partial charge on any atom is 0.0548 e. The van der Waals surface area contributed by atoms with Crippen LogP contribution in [-0.4, -0.2) is 358 Å². The van der Waals surface area contributed by atoms with Gasteiger partial charge in [-0.15, -0.1) is 0 Å². The van der Waals surface area contributed by atoms with E-state index in [1.807, 2.05) is 18.2 Å². The van der Waals surface area contributed by atoms with Crippen LogP contribution in [0.3, 0.4) is 0 Å². The average molecular weight is 1880 g/mol. The molecular weight excluding hydrogens is 1670 g/mol. The minimum absolute atomic E-state index is 0.480. The Labute approximate surface area is 828 Å². The van der Waals surface area contributed by atoms with Crippen molar-refractivity contribution in [1.29, 1.82) is 0 Å². The number of rotatable bonds is 29. The van der Waals surface area contributed by atoms with Gasteiger partial charge in [0.1, 0.15) is 0 Å². The Hall–Kier alpha value is -5.82. The van der Waals surface area contributed by atoms with Crippen molar-refractivity contribution in [2.75, 3.05) is 207 Å². The Morgan fingerprint density at radius 1 is 0.259 bits per heavy atom.